The van der Waals surface area contributed by atoms with E-state index in [1.165, 1.54) is 5.56 Å². The Morgan fingerprint density at radius 3 is 2.69 bits per heavy atom. The molecule has 2 atom stereocenters. The fourth-order valence-corrected chi connectivity index (χ4v) is 2.29. The van der Waals surface area contributed by atoms with Crippen LogP contribution in [0, 0.1) is 5.92 Å². The van der Waals surface area contributed by atoms with E-state index >= 15 is 0 Å². The molecule has 1 aromatic rings. The van der Waals surface area contributed by atoms with E-state index in [1.54, 1.807) is 0 Å². The predicted molar refractivity (Wildman–Crippen MR) is 62.0 cm³/mol. The molecule has 2 heterocycles. The molecule has 0 radical (unpaired) electrons. The largest absolute Gasteiger partial charge is 0.490 e. The van der Waals surface area contributed by atoms with Crippen molar-refractivity contribution in [3.05, 3.63) is 23.8 Å². The van der Waals surface area contributed by atoms with E-state index < -0.39 is 0 Å². The van der Waals surface area contributed by atoms with Gasteiger partial charge in [-0.3, -0.25) is 0 Å². The van der Waals surface area contributed by atoms with Crippen LogP contribution >= 0.6 is 0 Å². The van der Waals surface area contributed by atoms with Crippen molar-refractivity contribution in [2.45, 2.75) is 19.4 Å². The molecular weight excluding hydrogens is 202 g/mol. The summed E-state index contributed by atoms with van der Waals surface area (Å²) in [4.78, 5) is 0. The maximum atomic E-state index is 5.69. The molecule has 1 N–H and O–H groups in total. The molecule has 0 amide bonds. The minimum Gasteiger partial charge on any atom is -0.490 e. The molecule has 2 unspecified atom stereocenters. The first-order valence-electron chi connectivity index (χ1n) is 5.97. The molecule has 0 bridgehead atoms. The number of ether oxygens (including phenoxy) is 2. The minimum absolute atomic E-state index is 0.483. The lowest BCUT2D eigenvalue weighted by Crippen LogP contribution is -2.43. The second-order valence-electron chi connectivity index (χ2n) is 4.62. The van der Waals surface area contributed by atoms with Gasteiger partial charge in [0.25, 0.3) is 0 Å². The lowest BCUT2D eigenvalue weighted by Gasteiger charge is -2.36. The third-order valence-electron chi connectivity index (χ3n) is 3.36. The number of hydrogen-bond acceptors (Lipinski definition) is 3. The zero-order valence-electron chi connectivity index (χ0n) is 9.53. The van der Waals surface area contributed by atoms with Crippen LogP contribution in [-0.4, -0.2) is 19.8 Å². The summed E-state index contributed by atoms with van der Waals surface area (Å²) in [7, 11) is 0. The Morgan fingerprint density at radius 2 is 2.00 bits per heavy atom. The fraction of sp³-hybridized carbons (Fsp3) is 0.538. The molecule has 1 fully saturated rings. The quantitative estimate of drug-likeness (QED) is 0.785. The topological polar surface area (TPSA) is 30.5 Å². The van der Waals surface area contributed by atoms with E-state index in [4.69, 9.17) is 9.47 Å². The highest BCUT2D eigenvalue weighted by Crippen LogP contribution is 2.36. The number of rotatable bonds is 1. The van der Waals surface area contributed by atoms with E-state index in [2.05, 4.69) is 24.4 Å². The van der Waals surface area contributed by atoms with Crippen molar-refractivity contribution in [2.24, 2.45) is 5.92 Å². The van der Waals surface area contributed by atoms with E-state index in [0.29, 0.717) is 12.0 Å². The number of hydrogen-bond donors (Lipinski definition) is 1. The van der Waals surface area contributed by atoms with Crippen LogP contribution in [0.4, 0.5) is 0 Å². The zero-order chi connectivity index (χ0) is 11.0. The summed E-state index contributed by atoms with van der Waals surface area (Å²) in [5.41, 5.74) is 1.31. The van der Waals surface area contributed by atoms with Crippen molar-refractivity contribution < 1.29 is 9.47 Å². The van der Waals surface area contributed by atoms with Crippen molar-refractivity contribution in [2.75, 3.05) is 19.8 Å². The molecule has 16 heavy (non-hydrogen) atoms. The summed E-state index contributed by atoms with van der Waals surface area (Å²) in [5.74, 6) is 2.49. The van der Waals surface area contributed by atoms with Crippen LogP contribution in [0.2, 0.25) is 0 Å². The Hall–Kier alpha value is -1.22. The predicted octanol–water partition coefficient (Wildman–Crippen LogP) is 2.13. The van der Waals surface area contributed by atoms with Crippen LogP contribution in [0.3, 0.4) is 0 Å². The van der Waals surface area contributed by atoms with Crippen molar-refractivity contribution in [1.29, 1.82) is 0 Å². The average Bonchev–Trinajstić information content (AvgIpc) is 2.51. The van der Waals surface area contributed by atoms with Gasteiger partial charge in [0.05, 0.1) is 13.2 Å². The van der Waals surface area contributed by atoms with Crippen molar-refractivity contribution in [3.8, 4) is 11.5 Å². The van der Waals surface area contributed by atoms with Crippen LogP contribution in [0.15, 0.2) is 18.2 Å². The number of nitrogens with one attached hydrogen (secondary N) is 1. The van der Waals surface area contributed by atoms with Gasteiger partial charge in [-0.2, -0.15) is 0 Å². The minimum atomic E-state index is 0.483. The molecule has 1 saturated heterocycles. The van der Waals surface area contributed by atoms with E-state index in [1.807, 2.05) is 6.07 Å². The Morgan fingerprint density at radius 1 is 1.19 bits per heavy atom. The summed E-state index contributed by atoms with van der Waals surface area (Å²) in [6, 6.07) is 6.77. The maximum absolute atomic E-state index is 5.69. The molecule has 0 aromatic heterocycles. The number of fused-ring (bicyclic) bond motifs is 1. The van der Waals surface area contributed by atoms with Gasteiger partial charge in [-0.05, 0) is 23.6 Å². The van der Waals surface area contributed by atoms with Gasteiger partial charge in [0, 0.05) is 19.0 Å². The van der Waals surface area contributed by atoms with E-state index in [0.717, 1.165) is 37.7 Å². The summed E-state index contributed by atoms with van der Waals surface area (Å²) >= 11 is 0. The zero-order valence-corrected chi connectivity index (χ0v) is 9.53. The van der Waals surface area contributed by atoms with Gasteiger partial charge in [-0.1, -0.05) is 13.0 Å². The molecule has 1 aromatic carbocycles. The van der Waals surface area contributed by atoms with Gasteiger partial charge in [0.2, 0.25) is 0 Å². The SMILES string of the molecule is CC1CNC1c1ccc2c(c1)OCCCO2. The maximum Gasteiger partial charge on any atom is 0.161 e. The molecule has 3 nitrogen and oxygen atoms in total. The Bertz CT molecular complexity index is 392. The number of benzene rings is 1. The van der Waals surface area contributed by atoms with Gasteiger partial charge in [0.15, 0.2) is 11.5 Å². The lowest BCUT2D eigenvalue weighted by molar-refractivity contribution is 0.257. The van der Waals surface area contributed by atoms with Gasteiger partial charge in [-0.15, -0.1) is 0 Å². The molecule has 3 heteroatoms. The summed E-state index contributed by atoms with van der Waals surface area (Å²) in [6.45, 7) is 4.89. The fourth-order valence-electron chi connectivity index (χ4n) is 2.29. The van der Waals surface area contributed by atoms with E-state index in [9.17, 15) is 0 Å². The first kappa shape index (κ1) is 9.97. The summed E-state index contributed by atoms with van der Waals surface area (Å²) < 4.78 is 11.3. The van der Waals surface area contributed by atoms with Crippen molar-refractivity contribution in [1.82, 2.24) is 5.32 Å². The van der Waals surface area contributed by atoms with Gasteiger partial charge < -0.3 is 14.8 Å². The van der Waals surface area contributed by atoms with Gasteiger partial charge in [0.1, 0.15) is 0 Å². The van der Waals surface area contributed by atoms with Crippen LogP contribution in [0.25, 0.3) is 0 Å². The lowest BCUT2D eigenvalue weighted by atomic mass is 9.87. The van der Waals surface area contributed by atoms with Crippen LogP contribution in [0.5, 0.6) is 11.5 Å². The average molecular weight is 219 g/mol. The first-order valence-corrected chi connectivity index (χ1v) is 5.97. The Balaban J connectivity index is 1.88. The molecule has 2 aliphatic heterocycles. The second-order valence-corrected chi connectivity index (χ2v) is 4.62. The molecule has 3 rings (SSSR count). The first-order chi connectivity index (χ1) is 7.84. The molecule has 2 aliphatic rings. The molecular formula is C13H17NO2. The third-order valence-corrected chi connectivity index (χ3v) is 3.36. The molecule has 0 saturated carbocycles. The highest BCUT2D eigenvalue weighted by Gasteiger charge is 2.28. The van der Waals surface area contributed by atoms with Gasteiger partial charge in [-0.25, -0.2) is 0 Å². The third kappa shape index (κ3) is 1.65. The normalized spacial score (nSPS) is 28.1. The Labute approximate surface area is 95.8 Å². The Kier molecular flexibility index (Phi) is 2.48. The van der Waals surface area contributed by atoms with Crippen LogP contribution < -0.4 is 14.8 Å². The highest BCUT2D eigenvalue weighted by molar-refractivity contribution is 5.44. The highest BCUT2D eigenvalue weighted by atomic mass is 16.5. The molecule has 86 valence electrons. The van der Waals surface area contributed by atoms with Crippen molar-refractivity contribution >= 4 is 0 Å². The standard InChI is InChI=1S/C13H17NO2/c1-9-8-14-13(9)10-3-4-11-12(7-10)16-6-2-5-15-11/h3-4,7,9,13-14H,2,5-6,8H2,1H3. The van der Waals surface area contributed by atoms with Gasteiger partial charge >= 0.3 is 0 Å². The molecule has 0 spiro atoms. The van der Waals surface area contributed by atoms with Crippen LogP contribution in [-0.2, 0) is 0 Å². The van der Waals surface area contributed by atoms with E-state index in [-0.39, 0.29) is 0 Å². The summed E-state index contributed by atoms with van der Waals surface area (Å²) in [5, 5.41) is 3.44. The smallest absolute Gasteiger partial charge is 0.161 e. The monoisotopic (exact) mass is 219 g/mol. The molecule has 0 aliphatic carbocycles. The van der Waals surface area contributed by atoms with Crippen molar-refractivity contribution in [3.63, 3.8) is 0 Å². The summed E-state index contributed by atoms with van der Waals surface area (Å²) in [6.07, 6.45) is 0.960. The van der Waals surface area contributed by atoms with Crippen LogP contribution in [0.1, 0.15) is 24.9 Å². The second kappa shape index (κ2) is 3.98.